The first kappa shape index (κ1) is 8.25. The fourth-order valence-electron chi connectivity index (χ4n) is 1.27. The van der Waals surface area contributed by atoms with Gasteiger partial charge in [0.15, 0.2) is 0 Å². The number of fused-ring (bicyclic) bond motifs is 1. The average Bonchev–Trinajstić information content (AvgIpc) is 2.44. The number of thiophene rings is 1. The molecule has 2 heterocycles. The lowest BCUT2D eigenvalue weighted by Gasteiger charge is -1.90. The Labute approximate surface area is 78.4 Å². The van der Waals surface area contributed by atoms with Gasteiger partial charge in [-0.2, -0.15) is 0 Å². The Morgan fingerprint density at radius 1 is 1.69 bits per heavy atom. The van der Waals surface area contributed by atoms with Gasteiger partial charge in [0.25, 0.3) is 5.56 Å². The van der Waals surface area contributed by atoms with Crippen LogP contribution in [0.25, 0.3) is 10.2 Å². The maximum Gasteiger partial charge on any atom is 0.261 e. The number of hydrogen-bond donors (Lipinski definition) is 2. The van der Waals surface area contributed by atoms with Crippen molar-refractivity contribution in [1.29, 1.82) is 0 Å². The van der Waals surface area contributed by atoms with E-state index in [1.54, 1.807) is 0 Å². The summed E-state index contributed by atoms with van der Waals surface area (Å²) < 4.78 is 0. The monoisotopic (exact) mass is 195 g/mol. The molecule has 3 N–H and O–H groups in total. The largest absolute Gasteiger partial charge is 0.397 e. The second-order valence-corrected chi connectivity index (χ2v) is 3.79. The Balaban J connectivity index is 2.93. The first-order valence-corrected chi connectivity index (χ1v) is 4.80. The van der Waals surface area contributed by atoms with Crippen LogP contribution in [0.1, 0.15) is 11.8 Å². The fraction of sp³-hybridized carbons (Fsp3) is 0.250. The van der Waals surface area contributed by atoms with Crippen molar-refractivity contribution in [2.45, 2.75) is 13.3 Å². The molecular formula is C8H9N3OS. The van der Waals surface area contributed by atoms with Crippen molar-refractivity contribution in [1.82, 2.24) is 9.97 Å². The summed E-state index contributed by atoms with van der Waals surface area (Å²) in [5.74, 6) is 0. The van der Waals surface area contributed by atoms with Gasteiger partial charge < -0.3 is 10.7 Å². The molecule has 5 heteroatoms. The minimum Gasteiger partial charge on any atom is -0.397 e. The Hall–Kier alpha value is -1.36. The van der Waals surface area contributed by atoms with Gasteiger partial charge in [-0.05, 0) is 6.42 Å². The van der Waals surface area contributed by atoms with E-state index in [0.717, 1.165) is 16.1 Å². The van der Waals surface area contributed by atoms with E-state index in [9.17, 15) is 4.79 Å². The number of hydrogen-bond acceptors (Lipinski definition) is 4. The number of nitrogens with two attached hydrogens (primary N) is 1. The minimum atomic E-state index is -0.154. The van der Waals surface area contributed by atoms with Crippen LogP contribution >= 0.6 is 11.3 Å². The predicted molar refractivity (Wildman–Crippen MR) is 54.0 cm³/mol. The SMILES string of the molecule is CCc1sc2nc[nH]c(=O)c2c1N. The van der Waals surface area contributed by atoms with Crippen LogP contribution in [0.3, 0.4) is 0 Å². The highest BCUT2D eigenvalue weighted by molar-refractivity contribution is 7.19. The summed E-state index contributed by atoms with van der Waals surface area (Å²) in [5, 5.41) is 0.532. The van der Waals surface area contributed by atoms with Crippen LogP contribution < -0.4 is 11.3 Å². The molecule has 0 fully saturated rings. The Bertz CT molecular complexity index is 500. The number of nitrogen functional groups attached to an aromatic ring is 1. The highest BCUT2D eigenvalue weighted by Crippen LogP contribution is 2.29. The van der Waals surface area contributed by atoms with Crippen LogP contribution in [-0.2, 0) is 6.42 Å². The van der Waals surface area contributed by atoms with Gasteiger partial charge >= 0.3 is 0 Å². The van der Waals surface area contributed by atoms with E-state index in [1.165, 1.54) is 17.7 Å². The van der Waals surface area contributed by atoms with Crippen molar-refractivity contribution in [3.63, 3.8) is 0 Å². The summed E-state index contributed by atoms with van der Waals surface area (Å²) in [4.78, 5) is 19.7. The van der Waals surface area contributed by atoms with Gasteiger partial charge in [0, 0.05) is 4.88 Å². The maximum absolute atomic E-state index is 11.4. The standard InChI is InChI=1S/C8H9N3OS/c1-2-4-6(9)5-7(12)10-3-11-8(5)13-4/h3H,2,9H2,1H3,(H,10,11,12). The van der Waals surface area contributed by atoms with Gasteiger partial charge in [0.2, 0.25) is 0 Å². The number of anilines is 1. The quantitative estimate of drug-likeness (QED) is 0.716. The lowest BCUT2D eigenvalue weighted by atomic mass is 10.3. The van der Waals surface area contributed by atoms with E-state index in [-0.39, 0.29) is 5.56 Å². The molecule has 0 bridgehead atoms. The molecule has 0 saturated heterocycles. The number of nitrogens with zero attached hydrogens (tertiary/aromatic N) is 1. The molecule has 0 aromatic carbocycles. The zero-order valence-corrected chi connectivity index (χ0v) is 7.94. The zero-order chi connectivity index (χ0) is 9.42. The third-order valence-electron chi connectivity index (χ3n) is 1.93. The second-order valence-electron chi connectivity index (χ2n) is 2.70. The van der Waals surface area contributed by atoms with Crippen molar-refractivity contribution in [2.75, 3.05) is 5.73 Å². The van der Waals surface area contributed by atoms with Crippen LogP contribution in [0.4, 0.5) is 5.69 Å². The van der Waals surface area contributed by atoms with Crippen molar-refractivity contribution < 1.29 is 0 Å². The number of rotatable bonds is 1. The normalized spacial score (nSPS) is 10.8. The van der Waals surface area contributed by atoms with Crippen molar-refractivity contribution in [2.24, 2.45) is 0 Å². The second kappa shape index (κ2) is 2.85. The number of aryl methyl sites for hydroxylation is 1. The van der Waals surface area contributed by atoms with Crippen LogP contribution in [-0.4, -0.2) is 9.97 Å². The first-order valence-electron chi connectivity index (χ1n) is 3.98. The van der Waals surface area contributed by atoms with Crippen LogP contribution in [0.5, 0.6) is 0 Å². The Kier molecular flexibility index (Phi) is 1.81. The molecule has 2 aromatic heterocycles. The summed E-state index contributed by atoms with van der Waals surface area (Å²) in [6, 6.07) is 0. The highest BCUT2D eigenvalue weighted by Gasteiger charge is 2.11. The molecule has 0 aliphatic heterocycles. The van der Waals surface area contributed by atoms with E-state index in [0.29, 0.717) is 11.1 Å². The number of aromatic amines is 1. The third-order valence-corrected chi connectivity index (χ3v) is 3.19. The molecule has 0 unspecified atom stereocenters. The van der Waals surface area contributed by atoms with Gasteiger partial charge in [-0.3, -0.25) is 4.79 Å². The summed E-state index contributed by atoms with van der Waals surface area (Å²) in [7, 11) is 0. The molecule has 0 amide bonds. The molecule has 2 rings (SSSR count). The lowest BCUT2D eigenvalue weighted by Crippen LogP contribution is -2.06. The molecule has 2 aromatic rings. The minimum absolute atomic E-state index is 0.154. The zero-order valence-electron chi connectivity index (χ0n) is 7.13. The molecule has 4 nitrogen and oxygen atoms in total. The number of aromatic nitrogens is 2. The van der Waals surface area contributed by atoms with Crippen molar-refractivity contribution in [3.8, 4) is 0 Å². The molecule has 0 spiro atoms. The van der Waals surface area contributed by atoms with Crippen LogP contribution in [0.2, 0.25) is 0 Å². The van der Waals surface area contributed by atoms with E-state index in [4.69, 9.17) is 5.73 Å². The van der Waals surface area contributed by atoms with Crippen LogP contribution in [0, 0.1) is 0 Å². The summed E-state index contributed by atoms with van der Waals surface area (Å²) in [5.41, 5.74) is 6.23. The summed E-state index contributed by atoms with van der Waals surface area (Å²) in [6.07, 6.45) is 2.24. The molecule has 0 aliphatic carbocycles. The van der Waals surface area contributed by atoms with E-state index in [1.807, 2.05) is 6.92 Å². The first-order chi connectivity index (χ1) is 6.24. The van der Waals surface area contributed by atoms with Crippen molar-refractivity contribution >= 4 is 27.2 Å². The lowest BCUT2D eigenvalue weighted by molar-refractivity contribution is 1.18. The molecule has 0 atom stereocenters. The molecular weight excluding hydrogens is 186 g/mol. The van der Waals surface area contributed by atoms with Crippen molar-refractivity contribution in [3.05, 3.63) is 21.6 Å². The maximum atomic E-state index is 11.4. The van der Waals surface area contributed by atoms with Gasteiger partial charge in [-0.15, -0.1) is 11.3 Å². The number of H-pyrrole nitrogens is 1. The molecule has 0 radical (unpaired) electrons. The Morgan fingerprint density at radius 2 is 2.46 bits per heavy atom. The topological polar surface area (TPSA) is 71.8 Å². The number of nitrogens with one attached hydrogen (secondary N) is 1. The molecule has 68 valence electrons. The van der Waals surface area contributed by atoms with Gasteiger partial charge in [-0.25, -0.2) is 4.98 Å². The predicted octanol–water partition coefficient (Wildman–Crippen LogP) is 1.13. The smallest absolute Gasteiger partial charge is 0.261 e. The van der Waals surface area contributed by atoms with E-state index >= 15 is 0 Å². The van der Waals surface area contributed by atoms with Gasteiger partial charge in [0.05, 0.1) is 17.4 Å². The van der Waals surface area contributed by atoms with E-state index < -0.39 is 0 Å². The highest BCUT2D eigenvalue weighted by atomic mass is 32.1. The molecule has 0 saturated carbocycles. The summed E-state index contributed by atoms with van der Waals surface area (Å²) >= 11 is 1.48. The van der Waals surface area contributed by atoms with Gasteiger partial charge in [-0.1, -0.05) is 6.92 Å². The molecule has 13 heavy (non-hydrogen) atoms. The third kappa shape index (κ3) is 1.12. The van der Waals surface area contributed by atoms with E-state index in [2.05, 4.69) is 9.97 Å². The summed E-state index contributed by atoms with van der Waals surface area (Å²) in [6.45, 7) is 2.01. The average molecular weight is 195 g/mol. The Morgan fingerprint density at radius 3 is 3.08 bits per heavy atom. The van der Waals surface area contributed by atoms with Gasteiger partial charge in [0.1, 0.15) is 4.83 Å². The fourth-order valence-corrected chi connectivity index (χ4v) is 2.27. The molecule has 0 aliphatic rings. The van der Waals surface area contributed by atoms with Crippen LogP contribution in [0.15, 0.2) is 11.1 Å².